The number of hydrogen-bond acceptors (Lipinski definition) is 2. The van der Waals surface area contributed by atoms with Crippen LogP contribution in [0.15, 0.2) is 0 Å². The quantitative estimate of drug-likeness (QED) is 0.832. The van der Waals surface area contributed by atoms with Crippen LogP contribution in [0.3, 0.4) is 0 Å². The first-order valence-corrected chi connectivity index (χ1v) is 6.29. The Morgan fingerprint density at radius 1 is 1.39 bits per heavy atom. The minimum absolute atomic E-state index is 0.211. The topological polar surface area (TPSA) is 40.5 Å². The Hall–Kier alpha value is -0.780. The highest BCUT2D eigenvalue weighted by Crippen LogP contribution is 2.45. The molecule has 106 valence electrons. The SMILES string of the molecule is CCC(CC)CN1CCC(C(=O)O)(C(F)(F)F)C1. The molecule has 1 N–H and O–H groups in total. The lowest BCUT2D eigenvalue weighted by Crippen LogP contribution is -2.47. The molecule has 1 heterocycles. The molecule has 0 aromatic carbocycles. The number of halogens is 3. The molecule has 1 aliphatic rings. The van der Waals surface area contributed by atoms with Crippen LogP contribution in [0.4, 0.5) is 13.2 Å². The summed E-state index contributed by atoms with van der Waals surface area (Å²) in [6.45, 7) is 4.35. The predicted octanol–water partition coefficient (Wildman–Crippen LogP) is 2.76. The molecule has 0 aromatic heterocycles. The van der Waals surface area contributed by atoms with Gasteiger partial charge in [0.2, 0.25) is 0 Å². The van der Waals surface area contributed by atoms with Gasteiger partial charge in [0.15, 0.2) is 5.41 Å². The van der Waals surface area contributed by atoms with Crippen LogP contribution >= 0.6 is 0 Å². The van der Waals surface area contributed by atoms with Crippen LogP contribution in [0, 0.1) is 11.3 Å². The van der Waals surface area contributed by atoms with Crippen molar-refractivity contribution in [1.29, 1.82) is 0 Å². The van der Waals surface area contributed by atoms with Crippen molar-refractivity contribution in [1.82, 2.24) is 4.90 Å². The zero-order valence-corrected chi connectivity index (χ0v) is 10.8. The Morgan fingerprint density at radius 2 is 1.94 bits per heavy atom. The molecule has 0 amide bonds. The van der Waals surface area contributed by atoms with E-state index in [1.807, 2.05) is 13.8 Å². The second kappa shape index (κ2) is 5.47. The molecule has 18 heavy (non-hydrogen) atoms. The molecule has 1 aliphatic heterocycles. The van der Waals surface area contributed by atoms with Crippen molar-refractivity contribution in [3.8, 4) is 0 Å². The number of likely N-dealkylation sites (tertiary alicyclic amines) is 1. The van der Waals surface area contributed by atoms with Crippen molar-refractivity contribution in [3.05, 3.63) is 0 Å². The normalized spacial score (nSPS) is 25.9. The largest absolute Gasteiger partial charge is 0.481 e. The van der Waals surface area contributed by atoms with E-state index in [9.17, 15) is 18.0 Å². The third-order valence-corrected chi connectivity index (χ3v) is 3.97. The summed E-state index contributed by atoms with van der Waals surface area (Å²) in [6, 6.07) is 0. The number of carbonyl (C=O) groups is 1. The van der Waals surface area contributed by atoms with Crippen LogP contribution in [0.25, 0.3) is 0 Å². The second-order valence-corrected chi connectivity index (χ2v) is 5.05. The number of alkyl halides is 3. The van der Waals surface area contributed by atoms with Crippen molar-refractivity contribution < 1.29 is 23.1 Å². The minimum atomic E-state index is -4.68. The summed E-state index contributed by atoms with van der Waals surface area (Å²) in [5.41, 5.74) is -2.57. The Bertz CT molecular complexity index is 302. The van der Waals surface area contributed by atoms with Gasteiger partial charge in [-0.3, -0.25) is 4.79 Å². The van der Waals surface area contributed by atoms with Gasteiger partial charge in [-0.25, -0.2) is 0 Å². The molecule has 1 saturated heterocycles. The Labute approximate surface area is 105 Å². The van der Waals surface area contributed by atoms with E-state index in [1.165, 1.54) is 0 Å². The Morgan fingerprint density at radius 3 is 2.28 bits per heavy atom. The minimum Gasteiger partial charge on any atom is -0.481 e. The number of carboxylic acid groups (broad SMARTS) is 1. The van der Waals surface area contributed by atoms with E-state index in [1.54, 1.807) is 4.90 Å². The second-order valence-electron chi connectivity index (χ2n) is 5.05. The van der Waals surface area contributed by atoms with Gasteiger partial charge in [-0.15, -0.1) is 0 Å². The van der Waals surface area contributed by atoms with Crippen LogP contribution in [-0.2, 0) is 4.79 Å². The molecule has 0 radical (unpaired) electrons. The van der Waals surface area contributed by atoms with Crippen LogP contribution in [0.2, 0.25) is 0 Å². The summed E-state index contributed by atoms with van der Waals surface area (Å²) in [6.07, 6.45) is -3.22. The molecule has 1 atom stereocenters. The van der Waals surface area contributed by atoms with E-state index in [0.29, 0.717) is 12.5 Å². The first-order chi connectivity index (χ1) is 8.26. The zero-order chi connectivity index (χ0) is 14.0. The fourth-order valence-corrected chi connectivity index (χ4v) is 2.48. The van der Waals surface area contributed by atoms with Crippen LogP contribution in [-0.4, -0.2) is 41.8 Å². The van der Waals surface area contributed by atoms with Crippen LogP contribution in [0.1, 0.15) is 33.1 Å². The summed E-state index contributed by atoms with van der Waals surface area (Å²) in [4.78, 5) is 12.6. The summed E-state index contributed by atoms with van der Waals surface area (Å²) in [5.74, 6) is -1.41. The highest BCUT2D eigenvalue weighted by atomic mass is 19.4. The number of nitrogens with zero attached hydrogens (tertiary/aromatic N) is 1. The van der Waals surface area contributed by atoms with E-state index in [-0.39, 0.29) is 13.0 Å². The monoisotopic (exact) mass is 267 g/mol. The van der Waals surface area contributed by atoms with Crippen molar-refractivity contribution in [2.75, 3.05) is 19.6 Å². The maximum Gasteiger partial charge on any atom is 0.406 e. The van der Waals surface area contributed by atoms with Gasteiger partial charge in [0, 0.05) is 13.1 Å². The van der Waals surface area contributed by atoms with E-state index in [2.05, 4.69) is 0 Å². The van der Waals surface area contributed by atoms with Gasteiger partial charge in [0.1, 0.15) is 0 Å². The first-order valence-electron chi connectivity index (χ1n) is 6.29. The van der Waals surface area contributed by atoms with E-state index >= 15 is 0 Å². The van der Waals surface area contributed by atoms with Gasteiger partial charge in [0.05, 0.1) is 0 Å². The Kier molecular flexibility index (Phi) is 4.64. The third kappa shape index (κ3) is 2.79. The molecule has 3 nitrogen and oxygen atoms in total. The van der Waals surface area contributed by atoms with E-state index < -0.39 is 24.1 Å². The van der Waals surface area contributed by atoms with E-state index in [4.69, 9.17) is 5.11 Å². The molecule has 1 rings (SSSR count). The number of aliphatic carboxylic acids is 1. The average Bonchev–Trinajstić information content (AvgIpc) is 2.70. The van der Waals surface area contributed by atoms with Gasteiger partial charge < -0.3 is 10.0 Å². The molecule has 0 saturated carbocycles. The summed E-state index contributed by atoms with van der Waals surface area (Å²) in [5, 5.41) is 8.92. The van der Waals surface area contributed by atoms with Crippen LogP contribution in [0.5, 0.6) is 0 Å². The number of hydrogen-bond donors (Lipinski definition) is 1. The standard InChI is InChI=1S/C12H20F3NO2/c1-3-9(4-2)7-16-6-5-11(8-16,10(17)18)12(13,14)15/h9H,3-8H2,1-2H3,(H,17,18). The van der Waals surface area contributed by atoms with Crippen LogP contribution < -0.4 is 0 Å². The van der Waals surface area contributed by atoms with Crippen molar-refractivity contribution in [2.24, 2.45) is 11.3 Å². The molecule has 1 unspecified atom stereocenters. The van der Waals surface area contributed by atoms with Crippen molar-refractivity contribution in [2.45, 2.75) is 39.3 Å². The predicted molar refractivity (Wildman–Crippen MR) is 61.3 cm³/mol. The van der Waals surface area contributed by atoms with Crippen molar-refractivity contribution in [3.63, 3.8) is 0 Å². The summed E-state index contributed by atoms with van der Waals surface area (Å²) in [7, 11) is 0. The van der Waals surface area contributed by atoms with Gasteiger partial charge in [-0.1, -0.05) is 26.7 Å². The third-order valence-electron chi connectivity index (χ3n) is 3.97. The lowest BCUT2D eigenvalue weighted by molar-refractivity contribution is -0.227. The lowest BCUT2D eigenvalue weighted by atomic mass is 9.86. The Balaban J connectivity index is 2.76. The lowest BCUT2D eigenvalue weighted by Gasteiger charge is -2.28. The smallest absolute Gasteiger partial charge is 0.406 e. The fourth-order valence-electron chi connectivity index (χ4n) is 2.48. The molecule has 0 aromatic rings. The van der Waals surface area contributed by atoms with Crippen molar-refractivity contribution >= 4 is 5.97 Å². The van der Waals surface area contributed by atoms with Gasteiger partial charge in [0.25, 0.3) is 0 Å². The molecular formula is C12H20F3NO2. The molecule has 0 bridgehead atoms. The average molecular weight is 267 g/mol. The van der Waals surface area contributed by atoms with Gasteiger partial charge >= 0.3 is 12.1 Å². The first kappa shape index (κ1) is 15.3. The van der Waals surface area contributed by atoms with E-state index in [0.717, 1.165) is 12.8 Å². The van der Waals surface area contributed by atoms with Gasteiger partial charge in [-0.2, -0.15) is 13.2 Å². The van der Waals surface area contributed by atoms with Gasteiger partial charge in [-0.05, 0) is 18.9 Å². The number of carboxylic acids is 1. The molecule has 6 heteroatoms. The highest BCUT2D eigenvalue weighted by Gasteiger charge is 2.63. The maximum atomic E-state index is 12.9. The number of rotatable bonds is 5. The summed E-state index contributed by atoms with van der Waals surface area (Å²) >= 11 is 0. The highest BCUT2D eigenvalue weighted by molar-refractivity contribution is 5.76. The molecular weight excluding hydrogens is 247 g/mol. The fraction of sp³-hybridized carbons (Fsp3) is 0.917. The summed E-state index contributed by atoms with van der Waals surface area (Å²) < 4.78 is 38.8. The molecule has 1 fully saturated rings. The molecule has 0 aliphatic carbocycles. The zero-order valence-electron chi connectivity index (χ0n) is 10.8. The maximum absolute atomic E-state index is 12.9. The molecule has 0 spiro atoms.